The van der Waals surface area contributed by atoms with Crippen LogP contribution in [0.4, 0.5) is 10.8 Å². The zero-order valence-electron chi connectivity index (χ0n) is 17.0. The Hall–Kier alpha value is -3.03. The maximum Gasteiger partial charge on any atom is 0.257 e. The summed E-state index contributed by atoms with van der Waals surface area (Å²) in [6.45, 7) is 0.613. The summed E-state index contributed by atoms with van der Waals surface area (Å²) in [6.07, 6.45) is 4.69. The van der Waals surface area contributed by atoms with Gasteiger partial charge in [-0.25, -0.2) is 4.98 Å². The third-order valence-corrected chi connectivity index (χ3v) is 6.49. The Morgan fingerprint density at radius 2 is 1.94 bits per heavy atom. The molecule has 0 saturated carbocycles. The predicted octanol–water partition coefficient (Wildman–Crippen LogP) is 4.67. The molecule has 31 heavy (non-hydrogen) atoms. The number of carbonyl (C=O) groups excluding carboxylic acids is 2. The van der Waals surface area contributed by atoms with E-state index in [4.69, 9.17) is 4.74 Å². The first-order chi connectivity index (χ1) is 15.2. The molecular formula is C24H23N3O3S. The fraction of sp³-hybridized carbons (Fsp3) is 0.292. The molecule has 2 amide bonds. The summed E-state index contributed by atoms with van der Waals surface area (Å²) in [5, 5.41) is 8.21. The molecule has 0 spiro atoms. The van der Waals surface area contributed by atoms with Gasteiger partial charge in [0, 0.05) is 28.8 Å². The summed E-state index contributed by atoms with van der Waals surface area (Å²) in [6, 6.07) is 13.4. The monoisotopic (exact) mass is 433 g/mol. The van der Waals surface area contributed by atoms with Crippen LogP contribution in [-0.2, 0) is 22.4 Å². The van der Waals surface area contributed by atoms with Crippen LogP contribution in [0, 0.1) is 0 Å². The van der Waals surface area contributed by atoms with Gasteiger partial charge < -0.3 is 10.1 Å². The van der Waals surface area contributed by atoms with Crippen molar-refractivity contribution >= 4 is 34.0 Å². The van der Waals surface area contributed by atoms with Crippen molar-refractivity contribution in [2.75, 3.05) is 17.2 Å². The van der Waals surface area contributed by atoms with E-state index in [-0.39, 0.29) is 11.8 Å². The lowest BCUT2D eigenvalue weighted by atomic mass is 10.1. The average molecular weight is 434 g/mol. The number of aryl methyl sites for hydroxylation is 2. The molecule has 3 aromatic rings. The number of carbonyl (C=O) groups is 2. The van der Waals surface area contributed by atoms with Crippen molar-refractivity contribution in [3.63, 3.8) is 0 Å². The van der Waals surface area contributed by atoms with Gasteiger partial charge in [-0.05, 0) is 67.5 Å². The minimum atomic E-state index is -0.412. The van der Waals surface area contributed by atoms with Gasteiger partial charge in [0.05, 0.1) is 5.69 Å². The Bertz CT molecular complexity index is 1130. The SMILES string of the molecule is O=C(Nc1nc(-c2ccc3c(c2)CCC3)cs1)c1cccc(NC(=O)[C@@H]2CCCO2)c1. The zero-order valence-corrected chi connectivity index (χ0v) is 17.8. The molecule has 7 heteroatoms. The van der Waals surface area contributed by atoms with Crippen molar-refractivity contribution < 1.29 is 14.3 Å². The number of amides is 2. The third kappa shape index (κ3) is 4.38. The molecule has 1 saturated heterocycles. The largest absolute Gasteiger partial charge is 0.368 e. The number of benzene rings is 2. The predicted molar refractivity (Wildman–Crippen MR) is 122 cm³/mol. The lowest BCUT2D eigenvalue weighted by molar-refractivity contribution is -0.124. The van der Waals surface area contributed by atoms with Crippen LogP contribution in [0.15, 0.2) is 47.8 Å². The zero-order chi connectivity index (χ0) is 21.2. The van der Waals surface area contributed by atoms with Gasteiger partial charge in [-0.1, -0.05) is 18.2 Å². The van der Waals surface area contributed by atoms with Gasteiger partial charge in [0.2, 0.25) is 0 Å². The molecule has 158 valence electrons. The number of hydrogen-bond acceptors (Lipinski definition) is 5. The van der Waals surface area contributed by atoms with E-state index in [1.165, 1.54) is 28.9 Å². The molecule has 2 aliphatic rings. The molecule has 1 aliphatic carbocycles. The molecule has 2 aromatic carbocycles. The van der Waals surface area contributed by atoms with Crippen LogP contribution in [-0.4, -0.2) is 29.5 Å². The van der Waals surface area contributed by atoms with Crippen LogP contribution in [0.1, 0.15) is 40.7 Å². The molecule has 0 bridgehead atoms. The van der Waals surface area contributed by atoms with E-state index in [1.54, 1.807) is 24.3 Å². The van der Waals surface area contributed by atoms with Crippen molar-refractivity contribution in [2.45, 2.75) is 38.2 Å². The fourth-order valence-corrected chi connectivity index (χ4v) is 4.82. The Morgan fingerprint density at radius 3 is 2.81 bits per heavy atom. The summed E-state index contributed by atoms with van der Waals surface area (Å²) in [7, 11) is 0. The number of hydrogen-bond donors (Lipinski definition) is 2. The van der Waals surface area contributed by atoms with E-state index in [9.17, 15) is 9.59 Å². The van der Waals surface area contributed by atoms with E-state index < -0.39 is 6.10 Å². The Kier molecular flexibility index (Phi) is 5.53. The minimum Gasteiger partial charge on any atom is -0.368 e. The number of nitrogens with zero attached hydrogens (tertiary/aromatic N) is 1. The maximum atomic E-state index is 12.7. The molecular weight excluding hydrogens is 410 g/mol. The van der Waals surface area contributed by atoms with Crippen LogP contribution in [0.2, 0.25) is 0 Å². The summed E-state index contributed by atoms with van der Waals surface area (Å²) in [5.74, 6) is -0.433. The van der Waals surface area contributed by atoms with Crippen LogP contribution in [0.25, 0.3) is 11.3 Å². The van der Waals surface area contributed by atoms with Gasteiger partial charge in [0.25, 0.3) is 11.8 Å². The molecule has 5 rings (SSSR count). The van der Waals surface area contributed by atoms with Crippen LogP contribution < -0.4 is 10.6 Å². The molecule has 0 radical (unpaired) electrons. The summed E-state index contributed by atoms with van der Waals surface area (Å²) < 4.78 is 5.41. The highest BCUT2D eigenvalue weighted by Gasteiger charge is 2.23. The summed E-state index contributed by atoms with van der Waals surface area (Å²) in [4.78, 5) is 29.6. The van der Waals surface area contributed by atoms with Gasteiger partial charge in [-0.15, -0.1) is 11.3 Å². The smallest absolute Gasteiger partial charge is 0.257 e. The molecule has 6 nitrogen and oxygen atoms in total. The highest BCUT2D eigenvalue weighted by atomic mass is 32.1. The topological polar surface area (TPSA) is 80.3 Å². The summed E-state index contributed by atoms with van der Waals surface area (Å²) >= 11 is 1.40. The second kappa shape index (κ2) is 8.61. The van der Waals surface area contributed by atoms with Gasteiger partial charge in [-0.2, -0.15) is 0 Å². The lowest BCUT2D eigenvalue weighted by Gasteiger charge is -2.11. The third-order valence-electron chi connectivity index (χ3n) is 5.73. The van der Waals surface area contributed by atoms with Crippen LogP contribution in [0.5, 0.6) is 0 Å². The van der Waals surface area contributed by atoms with Crippen molar-refractivity contribution in [3.8, 4) is 11.3 Å². The fourth-order valence-electron chi connectivity index (χ4n) is 4.11. The van der Waals surface area contributed by atoms with Crippen molar-refractivity contribution in [1.82, 2.24) is 4.98 Å². The van der Waals surface area contributed by atoms with Crippen LogP contribution in [0.3, 0.4) is 0 Å². The van der Waals surface area contributed by atoms with Gasteiger partial charge in [0.1, 0.15) is 6.10 Å². The number of fused-ring (bicyclic) bond motifs is 1. The van der Waals surface area contributed by atoms with E-state index in [2.05, 4.69) is 33.8 Å². The molecule has 2 heterocycles. The number of thiazole rings is 1. The van der Waals surface area contributed by atoms with Crippen LogP contribution >= 0.6 is 11.3 Å². The molecule has 2 N–H and O–H groups in total. The Labute approximate surface area is 184 Å². The van der Waals surface area contributed by atoms with E-state index in [0.717, 1.165) is 36.9 Å². The molecule has 1 aromatic heterocycles. The first-order valence-electron chi connectivity index (χ1n) is 10.6. The Morgan fingerprint density at radius 1 is 1.03 bits per heavy atom. The van der Waals surface area contributed by atoms with E-state index >= 15 is 0 Å². The van der Waals surface area contributed by atoms with E-state index in [0.29, 0.717) is 23.0 Å². The molecule has 1 fully saturated rings. The number of aromatic nitrogens is 1. The molecule has 1 aliphatic heterocycles. The van der Waals surface area contributed by atoms with Gasteiger partial charge in [-0.3, -0.25) is 14.9 Å². The maximum absolute atomic E-state index is 12.7. The number of anilines is 2. The normalized spacial score (nSPS) is 17.4. The lowest BCUT2D eigenvalue weighted by Crippen LogP contribution is -2.27. The number of ether oxygens (including phenoxy) is 1. The van der Waals surface area contributed by atoms with Gasteiger partial charge >= 0.3 is 0 Å². The van der Waals surface area contributed by atoms with E-state index in [1.807, 2.05) is 5.38 Å². The standard InChI is InChI=1S/C24H23N3O3S/c28-22(18-6-2-7-19(13-18)25-23(29)21-8-3-11-30-21)27-24-26-20(14-31-24)17-10-9-15-4-1-5-16(15)12-17/h2,6-7,9-10,12-14,21H,1,3-5,8,11H2,(H,25,29)(H,26,27,28)/t21-/m0/s1. The van der Waals surface area contributed by atoms with Crippen molar-refractivity contribution in [3.05, 3.63) is 64.5 Å². The first kappa shape index (κ1) is 19.9. The second-order valence-electron chi connectivity index (χ2n) is 7.90. The Balaban J connectivity index is 1.26. The second-order valence-corrected chi connectivity index (χ2v) is 8.76. The minimum absolute atomic E-state index is 0.172. The van der Waals surface area contributed by atoms with Crippen molar-refractivity contribution in [1.29, 1.82) is 0 Å². The average Bonchev–Trinajstić information content (AvgIpc) is 3.54. The quantitative estimate of drug-likeness (QED) is 0.613. The highest BCUT2D eigenvalue weighted by Crippen LogP contribution is 2.30. The summed E-state index contributed by atoms with van der Waals surface area (Å²) in [5.41, 5.74) is 5.81. The first-order valence-corrected chi connectivity index (χ1v) is 11.5. The molecule has 1 atom stereocenters. The number of rotatable bonds is 5. The molecule has 0 unspecified atom stereocenters. The number of nitrogens with one attached hydrogen (secondary N) is 2. The van der Waals surface area contributed by atoms with Gasteiger partial charge in [0.15, 0.2) is 5.13 Å². The van der Waals surface area contributed by atoms with Crippen molar-refractivity contribution in [2.24, 2.45) is 0 Å². The highest BCUT2D eigenvalue weighted by molar-refractivity contribution is 7.14.